The number of hydrogen-bond acceptors (Lipinski definition) is 3. The lowest BCUT2D eigenvalue weighted by Gasteiger charge is -2.21. The first-order chi connectivity index (χ1) is 36.7. The van der Waals surface area contributed by atoms with Gasteiger partial charge < -0.3 is 9.13 Å². The zero-order chi connectivity index (χ0) is 48.7. The molecule has 0 aliphatic heterocycles. The number of hydrogen-bond donors (Lipinski definition) is 0. The Kier molecular flexibility index (Phi) is 9.50. The quantitative estimate of drug-likeness (QED) is 0.160. The van der Waals surface area contributed by atoms with Gasteiger partial charge in [0.2, 0.25) is 0 Å². The SMILES string of the molecule is c1ccc(-c2ccc3c(-n4c5ccccc5c5cc6ccccc6cc54)c(-c4ccc5ccccc5c4)cc(-c4nc(-c5ccccc5)nc(-c5ccc6c(c5)c5ccccc5n6-c5ccccc5)n4)c3c2)cc1. The molecule has 15 rings (SSSR count). The van der Waals surface area contributed by atoms with Crippen LogP contribution in [0.15, 0.2) is 261 Å². The zero-order valence-corrected chi connectivity index (χ0v) is 40.1. The zero-order valence-electron chi connectivity index (χ0n) is 40.1. The second-order valence-electron chi connectivity index (χ2n) is 19.2. The van der Waals surface area contributed by atoms with Gasteiger partial charge in [-0.05, 0) is 116 Å². The summed E-state index contributed by atoms with van der Waals surface area (Å²) in [6.07, 6.45) is 0. The molecule has 5 nitrogen and oxygen atoms in total. The highest BCUT2D eigenvalue weighted by Crippen LogP contribution is 2.46. The molecule has 0 unspecified atom stereocenters. The summed E-state index contributed by atoms with van der Waals surface area (Å²) >= 11 is 0. The molecular weight excluding hydrogens is 899 g/mol. The minimum atomic E-state index is 0.595. The van der Waals surface area contributed by atoms with E-state index >= 15 is 0 Å². The molecule has 3 heterocycles. The Morgan fingerprint density at radius 1 is 0.230 bits per heavy atom. The fourth-order valence-corrected chi connectivity index (χ4v) is 11.4. The maximum atomic E-state index is 5.58. The summed E-state index contributed by atoms with van der Waals surface area (Å²) in [6.45, 7) is 0. The summed E-state index contributed by atoms with van der Waals surface area (Å²) < 4.78 is 4.85. The average molecular weight is 942 g/mol. The fraction of sp³-hybridized carbons (Fsp3) is 0. The van der Waals surface area contributed by atoms with Crippen LogP contribution in [0.2, 0.25) is 0 Å². The van der Waals surface area contributed by atoms with Gasteiger partial charge in [0, 0.05) is 54.9 Å². The number of nitrogens with zero attached hydrogens (tertiary/aromatic N) is 5. The van der Waals surface area contributed by atoms with Crippen molar-refractivity contribution < 1.29 is 0 Å². The van der Waals surface area contributed by atoms with Crippen molar-refractivity contribution in [1.29, 1.82) is 0 Å². The summed E-state index contributed by atoms with van der Waals surface area (Å²) in [5.41, 5.74) is 13.9. The Bertz CT molecular complexity index is 4710. The van der Waals surface area contributed by atoms with Crippen LogP contribution < -0.4 is 0 Å². The molecule has 0 N–H and O–H groups in total. The monoisotopic (exact) mass is 941 g/mol. The molecule has 0 fully saturated rings. The maximum Gasteiger partial charge on any atom is 0.164 e. The molecule has 0 amide bonds. The summed E-state index contributed by atoms with van der Waals surface area (Å²) in [4.78, 5) is 16.4. The second kappa shape index (κ2) is 16.8. The first-order valence-corrected chi connectivity index (χ1v) is 25.2. The van der Waals surface area contributed by atoms with Gasteiger partial charge in [-0.1, -0.05) is 188 Å². The summed E-state index contributed by atoms with van der Waals surface area (Å²) in [5, 5.41) is 11.6. The van der Waals surface area contributed by atoms with Crippen LogP contribution in [0.5, 0.6) is 0 Å². The van der Waals surface area contributed by atoms with Crippen LogP contribution in [0.4, 0.5) is 0 Å². The van der Waals surface area contributed by atoms with Crippen LogP contribution in [-0.4, -0.2) is 24.1 Å². The second-order valence-corrected chi connectivity index (χ2v) is 19.2. The number of para-hydroxylation sites is 3. The number of rotatable bonds is 7. The predicted molar refractivity (Wildman–Crippen MR) is 308 cm³/mol. The third kappa shape index (κ3) is 6.75. The Morgan fingerprint density at radius 3 is 1.47 bits per heavy atom. The Hall–Kier alpha value is -9.97. The minimum Gasteiger partial charge on any atom is -0.309 e. The summed E-state index contributed by atoms with van der Waals surface area (Å²) in [7, 11) is 0. The van der Waals surface area contributed by atoms with E-state index < -0.39 is 0 Å². The van der Waals surface area contributed by atoms with Gasteiger partial charge >= 0.3 is 0 Å². The first-order valence-electron chi connectivity index (χ1n) is 25.2. The van der Waals surface area contributed by atoms with E-state index in [0.29, 0.717) is 17.5 Å². The highest BCUT2D eigenvalue weighted by molar-refractivity contribution is 6.17. The van der Waals surface area contributed by atoms with E-state index in [-0.39, 0.29) is 0 Å². The highest BCUT2D eigenvalue weighted by Gasteiger charge is 2.25. The molecule has 74 heavy (non-hydrogen) atoms. The first kappa shape index (κ1) is 41.8. The van der Waals surface area contributed by atoms with Crippen molar-refractivity contribution >= 4 is 75.9 Å². The highest BCUT2D eigenvalue weighted by atomic mass is 15.0. The van der Waals surface area contributed by atoms with Crippen LogP contribution in [0, 0.1) is 0 Å². The number of benzene rings is 12. The van der Waals surface area contributed by atoms with Crippen LogP contribution in [0.3, 0.4) is 0 Å². The summed E-state index contributed by atoms with van der Waals surface area (Å²) in [5.74, 6) is 1.80. The number of fused-ring (bicyclic) bond motifs is 9. The lowest BCUT2D eigenvalue weighted by atomic mass is 9.90. The molecule has 0 atom stereocenters. The molecule has 15 aromatic rings. The van der Waals surface area contributed by atoms with Gasteiger partial charge in [0.25, 0.3) is 0 Å². The van der Waals surface area contributed by atoms with Gasteiger partial charge in [-0.15, -0.1) is 0 Å². The van der Waals surface area contributed by atoms with Gasteiger partial charge in [0.05, 0.1) is 27.8 Å². The van der Waals surface area contributed by atoms with E-state index in [1.165, 1.54) is 37.7 Å². The molecule has 0 spiro atoms. The van der Waals surface area contributed by atoms with Crippen LogP contribution in [0.1, 0.15) is 0 Å². The van der Waals surface area contributed by atoms with E-state index in [4.69, 9.17) is 15.0 Å². The molecule has 0 aliphatic carbocycles. The van der Waals surface area contributed by atoms with Crippen molar-refractivity contribution in [3.8, 4) is 67.8 Å². The molecule has 344 valence electrons. The topological polar surface area (TPSA) is 48.5 Å². The third-order valence-electron chi connectivity index (χ3n) is 14.9. The van der Waals surface area contributed by atoms with Crippen molar-refractivity contribution in [2.45, 2.75) is 0 Å². The van der Waals surface area contributed by atoms with E-state index in [0.717, 1.165) is 88.5 Å². The minimum absolute atomic E-state index is 0.595. The van der Waals surface area contributed by atoms with Crippen LogP contribution in [0.25, 0.3) is 144 Å². The van der Waals surface area contributed by atoms with Gasteiger partial charge in [0.1, 0.15) is 0 Å². The lowest BCUT2D eigenvalue weighted by molar-refractivity contribution is 1.08. The molecule has 0 saturated carbocycles. The largest absolute Gasteiger partial charge is 0.309 e. The lowest BCUT2D eigenvalue weighted by Crippen LogP contribution is -2.04. The van der Waals surface area contributed by atoms with Gasteiger partial charge in [0.15, 0.2) is 17.5 Å². The van der Waals surface area contributed by atoms with Gasteiger partial charge in [-0.3, -0.25) is 0 Å². The van der Waals surface area contributed by atoms with Crippen LogP contribution in [-0.2, 0) is 0 Å². The van der Waals surface area contributed by atoms with E-state index in [1.54, 1.807) is 0 Å². The molecule has 0 bridgehead atoms. The Labute approximate surface area is 426 Å². The molecular formula is C69H43N5. The molecule has 3 aromatic heterocycles. The smallest absolute Gasteiger partial charge is 0.164 e. The molecule has 5 heteroatoms. The van der Waals surface area contributed by atoms with Gasteiger partial charge in [-0.25, -0.2) is 15.0 Å². The number of aromatic nitrogens is 5. The van der Waals surface area contributed by atoms with E-state index in [1.807, 2.05) is 18.2 Å². The third-order valence-corrected chi connectivity index (χ3v) is 14.9. The van der Waals surface area contributed by atoms with Crippen LogP contribution >= 0.6 is 0 Å². The fourth-order valence-electron chi connectivity index (χ4n) is 11.4. The van der Waals surface area contributed by atoms with Gasteiger partial charge in [-0.2, -0.15) is 0 Å². The van der Waals surface area contributed by atoms with E-state index in [9.17, 15) is 0 Å². The van der Waals surface area contributed by atoms with Crippen molar-refractivity contribution in [1.82, 2.24) is 24.1 Å². The normalized spacial score (nSPS) is 11.8. The Balaban J connectivity index is 1.06. The average Bonchev–Trinajstić information content (AvgIpc) is 4.02. The Morgan fingerprint density at radius 2 is 0.743 bits per heavy atom. The standard InChI is InChI=1S/C69H43N5/c1-4-18-44(19-5-1)50-34-36-56-58(39-50)61(43-57(51-33-32-45-20-10-11-23-47(45)38-51)66(56)74-63-31-17-15-29-55(63)60-40-48-24-12-13-25-49(48)42-65(60)74)69-71-67(46-21-6-2-7-22-46)70-68(72-69)52-35-37-64-59(41-52)54-28-14-16-30-62(54)73(64)53-26-8-3-9-27-53/h1-43H. The molecule has 0 aliphatic rings. The molecule has 12 aromatic carbocycles. The maximum absolute atomic E-state index is 5.58. The van der Waals surface area contributed by atoms with Crippen molar-refractivity contribution in [2.75, 3.05) is 0 Å². The van der Waals surface area contributed by atoms with Crippen molar-refractivity contribution in [3.63, 3.8) is 0 Å². The van der Waals surface area contributed by atoms with Crippen molar-refractivity contribution in [2.24, 2.45) is 0 Å². The van der Waals surface area contributed by atoms with Crippen molar-refractivity contribution in [3.05, 3.63) is 261 Å². The summed E-state index contributed by atoms with van der Waals surface area (Å²) in [6, 6.07) is 93.8. The molecule has 0 saturated heterocycles. The predicted octanol–water partition coefficient (Wildman–Crippen LogP) is 17.9. The molecule has 0 radical (unpaired) electrons. The van der Waals surface area contributed by atoms with E-state index in [2.05, 4.69) is 252 Å².